The Labute approximate surface area is 103 Å². The van der Waals surface area contributed by atoms with Gasteiger partial charge < -0.3 is 21.4 Å². The minimum Gasteiger partial charge on any atom is -0.507 e. The van der Waals surface area contributed by atoms with Crippen LogP contribution in [0.2, 0.25) is 5.02 Å². The molecule has 0 saturated carbocycles. The zero-order valence-corrected chi connectivity index (χ0v) is 9.61. The highest BCUT2D eigenvalue weighted by Gasteiger charge is 2.10. The van der Waals surface area contributed by atoms with Gasteiger partial charge in [0.1, 0.15) is 11.6 Å². The Kier molecular flexibility index (Phi) is 4.59. The van der Waals surface area contributed by atoms with Gasteiger partial charge in [-0.2, -0.15) is 0 Å². The first-order chi connectivity index (χ1) is 8.04. The summed E-state index contributed by atoms with van der Waals surface area (Å²) >= 11 is 5.63. The van der Waals surface area contributed by atoms with E-state index in [1.807, 2.05) is 0 Å². The summed E-state index contributed by atoms with van der Waals surface area (Å²) in [6, 6.07) is 4.19. The number of halogens is 1. The highest BCUT2D eigenvalue weighted by atomic mass is 35.5. The van der Waals surface area contributed by atoms with Crippen LogP contribution in [0.1, 0.15) is 16.8 Å². The number of benzene rings is 1. The third kappa shape index (κ3) is 3.84. The molecule has 7 heteroatoms. The number of oxime groups is 1. The smallest absolute Gasteiger partial charge is 0.255 e. The van der Waals surface area contributed by atoms with Crippen molar-refractivity contribution in [3.8, 4) is 5.75 Å². The van der Waals surface area contributed by atoms with Crippen molar-refractivity contribution in [3.63, 3.8) is 0 Å². The summed E-state index contributed by atoms with van der Waals surface area (Å²) in [7, 11) is 0. The van der Waals surface area contributed by atoms with Crippen LogP contribution in [0, 0.1) is 0 Å². The molecule has 0 aliphatic rings. The van der Waals surface area contributed by atoms with E-state index >= 15 is 0 Å². The van der Waals surface area contributed by atoms with Crippen molar-refractivity contribution in [2.45, 2.75) is 6.42 Å². The van der Waals surface area contributed by atoms with Gasteiger partial charge in [0.05, 0.1) is 5.56 Å². The molecule has 0 atom stereocenters. The molecule has 92 valence electrons. The van der Waals surface area contributed by atoms with Crippen LogP contribution in [0.5, 0.6) is 5.75 Å². The van der Waals surface area contributed by atoms with Gasteiger partial charge in [-0.1, -0.05) is 16.8 Å². The van der Waals surface area contributed by atoms with E-state index in [4.69, 9.17) is 22.5 Å². The zero-order chi connectivity index (χ0) is 12.8. The lowest BCUT2D eigenvalue weighted by Crippen LogP contribution is -2.28. The molecule has 0 spiro atoms. The molecule has 0 aliphatic carbocycles. The molecule has 1 rings (SSSR count). The van der Waals surface area contributed by atoms with Crippen molar-refractivity contribution in [1.29, 1.82) is 0 Å². The fourth-order valence-electron chi connectivity index (χ4n) is 1.15. The first kappa shape index (κ1) is 13.1. The second kappa shape index (κ2) is 5.95. The monoisotopic (exact) mass is 257 g/mol. The van der Waals surface area contributed by atoms with Gasteiger partial charge in [-0.25, -0.2) is 0 Å². The van der Waals surface area contributed by atoms with E-state index in [0.29, 0.717) is 5.02 Å². The Morgan fingerprint density at radius 1 is 1.53 bits per heavy atom. The van der Waals surface area contributed by atoms with Gasteiger partial charge in [0.2, 0.25) is 0 Å². The van der Waals surface area contributed by atoms with Crippen LogP contribution in [0.3, 0.4) is 0 Å². The molecule has 0 heterocycles. The third-order valence-electron chi connectivity index (χ3n) is 2.00. The van der Waals surface area contributed by atoms with E-state index in [-0.39, 0.29) is 30.1 Å². The molecule has 1 aromatic carbocycles. The molecule has 6 nitrogen and oxygen atoms in total. The number of amidine groups is 1. The fraction of sp³-hybridized carbons (Fsp3) is 0.200. The Bertz CT molecular complexity index is 448. The van der Waals surface area contributed by atoms with Crippen molar-refractivity contribution < 1.29 is 15.1 Å². The van der Waals surface area contributed by atoms with Crippen LogP contribution in [-0.4, -0.2) is 28.6 Å². The number of amides is 1. The molecule has 0 radical (unpaired) electrons. The number of hydrogen-bond donors (Lipinski definition) is 4. The number of nitrogens with two attached hydrogens (primary N) is 1. The first-order valence-electron chi connectivity index (χ1n) is 4.77. The topological polar surface area (TPSA) is 108 Å². The number of phenols is 1. The number of carbonyl (C=O) groups is 1. The maximum Gasteiger partial charge on any atom is 0.255 e. The molecular formula is C10H12ClN3O3. The number of carbonyl (C=O) groups excluding carboxylic acids is 1. The summed E-state index contributed by atoms with van der Waals surface area (Å²) in [5.41, 5.74) is 5.35. The summed E-state index contributed by atoms with van der Waals surface area (Å²) in [5, 5.41) is 23.4. The summed E-state index contributed by atoms with van der Waals surface area (Å²) in [6.45, 7) is 0.205. The Morgan fingerprint density at radius 3 is 2.82 bits per heavy atom. The van der Waals surface area contributed by atoms with Crippen molar-refractivity contribution in [2.24, 2.45) is 10.9 Å². The SMILES string of the molecule is NC(CCNC(=O)c1ccc(Cl)cc1O)=NO. The number of hydrogen-bond acceptors (Lipinski definition) is 4. The summed E-state index contributed by atoms with van der Waals surface area (Å²) < 4.78 is 0. The van der Waals surface area contributed by atoms with Gasteiger partial charge in [-0.15, -0.1) is 0 Å². The van der Waals surface area contributed by atoms with Crippen LogP contribution in [0.4, 0.5) is 0 Å². The van der Waals surface area contributed by atoms with Crippen molar-refractivity contribution in [3.05, 3.63) is 28.8 Å². The van der Waals surface area contributed by atoms with Crippen LogP contribution < -0.4 is 11.1 Å². The lowest BCUT2D eigenvalue weighted by atomic mass is 10.2. The molecule has 0 saturated heterocycles. The Hall–Kier alpha value is -1.95. The van der Waals surface area contributed by atoms with Gasteiger partial charge in [-0.3, -0.25) is 4.79 Å². The van der Waals surface area contributed by atoms with E-state index in [1.54, 1.807) is 0 Å². The van der Waals surface area contributed by atoms with E-state index in [9.17, 15) is 9.90 Å². The number of aromatic hydroxyl groups is 1. The molecular weight excluding hydrogens is 246 g/mol. The molecule has 1 aromatic rings. The number of nitrogens with one attached hydrogen (secondary N) is 1. The molecule has 1 amide bonds. The quantitative estimate of drug-likeness (QED) is 0.278. The fourth-order valence-corrected chi connectivity index (χ4v) is 1.31. The largest absolute Gasteiger partial charge is 0.507 e. The number of nitrogens with zero attached hydrogens (tertiary/aromatic N) is 1. The third-order valence-corrected chi connectivity index (χ3v) is 2.23. The lowest BCUT2D eigenvalue weighted by molar-refractivity contribution is 0.0952. The highest BCUT2D eigenvalue weighted by molar-refractivity contribution is 6.30. The maximum atomic E-state index is 11.6. The Morgan fingerprint density at radius 2 is 2.24 bits per heavy atom. The molecule has 0 unspecified atom stereocenters. The molecule has 0 aromatic heterocycles. The molecule has 17 heavy (non-hydrogen) atoms. The van der Waals surface area contributed by atoms with Gasteiger partial charge in [0.25, 0.3) is 5.91 Å². The van der Waals surface area contributed by atoms with Gasteiger partial charge in [0, 0.05) is 18.0 Å². The summed E-state index contributed by atoms with van der Waals surface area (Å²) in [4.78, 5) is 11.6. The molecule has 0 fully saturated rings. The van der Waals surface area contributed by atoms with Crippen LogP contribution in [0.15, 0.2) is 23.4 Å². The average Bonchev–Trinajstić information content (AvgIpc) is 2.28. The van der Waals surface area contributed by atoms with E-state index in [0.717, 1.165) is 0 Å². The Balaban J connectivity index is 2.58. The number of rotatable bonds is 4. The van der Waals surface area contributed by atoms with Crippen molar-refractivity contribution in [2.75, 3.05) is 6.54 Å². The van der Waals surface area contributed by atoms with Crippen LogP contribution in [0.25, 0.3) is 0 Å². The van der Waals surface area contributed by atoms with E-state index in [2.05, 4.69) is 10.5 Å². The van der Waals surface area contributed by atoms with Crippen molar-refractivity contribution >= 4 is 23.3 Å². The standard InChI is InChI=1S/C10H12ClN3O3/c11-6-1-2-7(8(15)5-6)10(16)13-4-3-9(12)14-17/h1-2,5,15,17H,3-4H2,(H2,12,14)(H,13,16). The minimum atomic E-state index is -0.454. The normalized spacial score (nSPS) is 11.2. The molecule has 5 N–H and O–H groups in total. The predicted octanol–water partition coefficient (Wildman–Crippen LogP) is 0.912. The van der Waals surface area contributed by atoms with E-state index < -0.39 is 5.91 Å². The lowest BCUT2D eigenvalue weighted by Gasteiger charge is -2.06. The van der Waals surface area contributed by atoms with Gasteiger partial charge in [-0.05, 0) is 18.2 Å². The van der Waals surface area contributed by atoms with E-state index in [1.165, 1.54) is 18.2 Å². The minimum absolute atomic E-state index is 0.0191. The van der Waals surface area contributed by atoms with Crippen LogP contribution in [-0.2, 0) is 0 Å². The number of phenolic OH excluding ortho intramolecular Hbond substituents is 1. The zero-order valence-electron chi connectivity index (χ0n) is 8.85. The predicted molar refractivity (Wildman–Crippen MR) is 63.5 cm³/mol. The van der Waals surface area contributed by atoms with Crippen LogP contribution >= 0.6 is 11.6 Å². The summed E-state index contributed by atoms with van der Waals surface area (Å²) in [6.07, 6.45) is 0.219. The second-order valence-corrected chi connectivity index (χ2v) is 3.70. The van der Waals surface area contributed by atoms with Gasteiger partial charge in [0.15, 0.2) is 0 Å². The first-order valence-corrected chi connectivity index (χ1v) is 5.15. The maximum absolute atomic E-state index is 11.6. The average molecular weight is 258 g/mol. The highest BCUT2D eigenvalue weighted by Crippen LogP contribution is 2.21. The molecule has 0 aliphatic heterocycles. The second-order valence-electron chi connectivity index (χ2n) is 3.26. The van der Waals surface area contributed by atoms with Gasteiger partial charge >= 0.3 is 0 Å². The van der Waals surface area contributed by atoms with Crippen molar-refractivity contribution in [1.82, 2.24) is 5.32 Å². The summed E-state index contributed by atoms with van der Waals surface area (Å²) in [5.74, 6) is -0.630. The molecule has 0 bridgehead atoms.